The molecular weight excluding hydrogens is 813 g/mol. The van der Waals surface area contributed by atoms with E-state index in [1.807, 2.05) is 24.3 Å². The number of nitrogens with one attached hydrogen (secondary N) is 2. The Morgan fingerprint density at radius 2 is 1.77 bits per heavy atom. The summed E-state index contributed by atoms with van der Waals surface area (Å²) in [4.78, 5) is 79.5. The molecule has 4 aliphatic heterocycles. The highest BCUT2D eigenvalue weighted by Crippen LogP contribution is 2.61. The first-order valence-electron chi connectivity index (χ1n) is 22.5. The van der Waals surface area contributed by atoms with Gasteiger partial charge in [0.2, 0.25) is 11.8 Å². The van der Waals surface area contributed by atoms with E-state index in [0.717, 1.165) is 72.7 Å². The van der Waals surface area contributed by atoms with Crippen molar-refractivity contribution in [3.05, 3.63) is 88.7 Å². The van der Waals surface area contributed by atoms with Crippen molar-refractivity contribution < 1.29 is 33.4 Å². The maximum Gasteiger partial charge on any atom is 0.262 e. The summed E-state index contributed by atoms with van der Waals surface area (Å²) in [6.45, 7) is 13.6. The standard InChI is InChI=1S/C49H52N8O7/c1-26(2)56(30-20-32(21-30)63-31-8-9-33-34(22-31)45(62)57(44(33)61)36-10-13-39(58)53-43(36)60)25-27-15-18-55(19-16-27)38-12-7-29(24-52-38)42(59)54-46-48(3,4)47-49(46,5)35-14-17-51-41-28(23-50)6-11-37(64-47)40(35)41/h6-9,11-12,14,17,22,24,26-27,30,32,36,46-47H,10,13,15-16,18-21,25H2,1-5H3,(H,54,59)(H,53,58,60)/t30?,32?,36?,46-,47-,49?/m0/s1. The van der Waals surface area contributed by atoms with Crippen LogP contribution in [-0.4, -0.2) is 105 Å². The third kappa shape index (κ3) is 6.59. The van der Waals surface area contributed by atoms with Crippen LogP contribution in [0.4, 0.5) is 5.82 Å². The van der Waals surface area contributed by atoms with Gasteiger partial charge in [-0.05, 0) is 100 Å². The van der Waals surface area contributed by atoms with Gasteiger partial charge in [0.15, 0.2) is 0 Å². The van der Waals surface area contributed by atoms with E-state index in [1.54, 1.807) is 36.7 Å². The number of amides is 5. The third-order valence-electron chi connectivity index (χ3n) is 15.0. The van der Waals surface area contributed by atoms with Gasteiger partial charge in [0.25, 0.3) is 17.7 Å². The molecule has 4 atom stereocenters. The molecule has 2 unspecified atom stereocenters. The van der Waals surface area contributed by atoms with Crippen LogP contribution in [0.3, 0.4) is 0 Å². The zero-order valence-electron chi connectivity index (χ0n) is 36.7. The van der Waals surface area contributed by atoms with E-state index < -0.39 is 35.1 Å². The fourth-order valence-electron chi connectivity index (χ4n) is 11.6. The Labute approximate surface area is 371 Å². The fraction of sp³-hybridized carbons (Fsp3) is 0.469. The second kappa shape index (κ2) is 15.4. The highest BCUT2D eigenvalue weighted by Gasteiger charge is 2.69. The van der Waals surface area contributed by atoms with Gasteiger partial charge in [-0.2, -0.15) is 5.26 Å². The number of nitrogens with zero attached hydrogens (tertiary/aromatic N) is 6. The maximum atomic E-state index is 13.8. The minimum Gasteiger partial charge on any atom is -0.490 e. The van der Waals surface area contributed by atoms with Crippen LogP contribution in [0.5, 0.6) is 11.5 Å². The molecule has 2 saturated heterocycles. The second-order valence-electron chi connectivity index (χ2n) is 19.5. The second-order valence-corrected chi connectivity index (χ2v) is 19.5. The maximum absolute atomic E-state index is 13.8. The van der Waals surface area contributed by atoms with Crippen LogP contribution in [0.1, 0.15) is 115 Å². The molecule has 6 heterocycles. The molecule has 0 bridgehead atoms. The van der Waals surface area contributed by atoms with Gasteiger partial charge in [0.1, 0.15) is 41.6 Å². The molecule has 5 amide bonds. The number of anilines is 1. The lowest BCUT2D eigenvalue weighted by atomic mass is 9.45. The predicted octanol–water partition coefficient (Wildman–Crippen LogP) is 5.30. The number of pyridine rings is 2. The van der Waals surface area contributed by atoms with Crippen LogP contribution in [0, 0.1) is 22.7 Å². The SMILES string of the molecule is CC(C)N(CC1CCN(c2ccc(C(=O)N[C@H]3C(C)(C)[C@@H]4Oc5ccc(C#N)c6nccc(c56)C34C)cn2)CC1)C1CC(Oc2ccc3c(c2)C(=O)N(C2CCC(=O)NC2=O)C3=O)C1. The first-order valence-corrected chi connectivity index (χ1v) is 22.5. The number of ether oxygens (including phenoxy) is 2. The first kappa shape index (κ1) is 41.6. The van der Waals surface area contributed by atoms with E-state index in [-0.39, 0.29) is 53.5 Å². The number of carbonyl (C=O) groups excluding carboxylic acids is 5. The number of imide groups is 2. The molecule has 10 rings (SSSR count). The van der Waals surface area contributed by atoms with E-state index in [4.69, 9.17) is 14.5 Å². The number of nitriles is 1. The van der Waals surface area contributed by atoms with Crippen molar-refractivity contribution in [2.45, 2.75) is 115 Å². The zero-order chi connectivity index (χ0) is 44.8. The van der Waals surface area contributed by atoms with Crippen molar-refractivity contribution in [3.8, 4) is 17.6 Å². The number of hydrogen-bond acceptors (Lipinski definition) is 12. The summed E-state index contributed by atoms with van der Waals surface area (Å²) >= 11 is 0. The topological polar surface area (TPSA) is 187 Å². The molecule has 0 spiro atoms. The number of fused-ring (bicyclic) bond motifs is 3. The molecule has 2 saturated carbocycles. The van der Waals surface area contributed by atoms with E-state index in [9.17, 15) is 29.2 Å². The highest BCUT2D eigenvalue weighted by molar-refractivity contribution is 6.23. The predicted molar refractivity (Wildman–Crippen MR) is 235 cm³/mol. The molecule has 330 valence electrons. The average Bonchev–Trinajstić information content (AvgIpc) is 3.52. The van der Waals surface area contributed by atoms with Crippen LogP contribution in [0.15, 0.2) is 60.9 Å². The Hall–Kier alpha value is -6.40. The highest BCUT2D eigenvalue weighted by atomic mass is 16.5. The van der Waals surface area contributed by atoms with Crippen molar-refractivity contribution in [3.63, 3.8) is 0 Å². The molecule has 64 heavy (non-hydrogen) atoms. The van der Waals surface area contributed by atoms with Gasteiger partial charge in [0, 0.05) is 74.2 Å². The lowest BCUT2D eigenvalue weighted by Crippen LogP contribution is -2.78. The van der Waals surface area contributed by atoms with Crippen LogP contribution in [-0.2, 0) is 15.0 Å². The van der Waals surface area contributed by atoms with E-state index in [0.29, 0.717) is 40.4 Å². The summed E-state index contributed by atoms with van der Waals surface area (Å²) in [7, 11) is 0. The summed E-state index contributed by atoms with van der Waals surface area (Å²) in [5, 5.41) is 16.2. The lowest BCUT2D eigenvalue weighted by molar-refractivity contribution is -0.136. The van der Waals surface area contributed by atoms with Gasteiger partial charge in [-0.15, -0.1) is 0 Å². The minimum absolute atomic E-state index is 0.0223. The molecule has 4 fully saturated rings. The van der Waals surface area contributed by atoms with Gasteiger partial charge in [0.05, 0.1) is 39.2 Å². The van der Waals surface area contributed by atoms with Crippen molar-refractivity contribution >= 4 is 46.3 Å². The van der Waals surface area contributed by atoms with Gasteiger partial charge in [-0.1, -0.05) is 13.8 Å². The number of aromatic nitrogens is 2. The lowest BCUT2D eigenvalue weighted by Gasteiger charge is -2.66. The van der Waals surface area contributed by atoms with E-state index in [1.165, 1.54) is 0 Å². The van der Waals surface area contributed by atoms with Gasteiger partial charge >= 0.3 is 0 Å². The smallest absolute Gasteiger partial charge is 0.262 e. The molecule has 2 aromatic carbocycles. The van der Waals surface area contributed by atoms with Gasteiger partial charge < -0.3 is 19.7 Å². The van der Waals surface area contributed by atoms with Crippen molar-refractivity contribution in [2.24, 2.45) is 11.3 Å². The molecule has 15 nitrogen and oxygen atoms in total. The molecule has 6 aliphatic rings. The van der Waals surface area contributed by atoms with Crippen molar-refractivity contribution in [2.75, 3.05) is 24.5 Å². The van der Waals surface area contributed by atoms with Crippen LogP contribution in [0.2, 0.25) is 0 Å². The van der Waals surface area contributed by atoms with Crippen molar-refractivity contribution in [1.82, 2.24) is 30.4 Å². The molecular formula is C49H52N8O7. The minimum atomic E-state index is -1.01. The number of carbonyl (C=O) groups is 5. The average molecular weight is 865 g/mol. The number of piperidine rings is 2. The fourth-order valence-corrected chi connectivity index (χ4v) is 11.6. The number of hydrogen-bond donors (Lipinski definition) is 2. The van der Waals surface area contributed by atoms with Gasteiger partial charge in [-0.25, -0.2) is 4.98 Å². The summed E-state index contributed by atoms with van der Waals surface area (Å²) in [6.07, 6.45) is 7.14. The summed E-state index contributed by atoms with van der Waals surface area (Å²) in [5.74, 6) is 0.315. The van der Waals surface area contributed by atoms with Gasteiger partial charge in [-0.3, -0.25) is 44.1 Å². The van der Waals surface area contributed by atoms with Crippen molar-refractivity contribution in [1.29, 1.82) is 5.26 Å². The molecule has 4 aromatic rings. The largest absolute Gasteiger partial charge is 0.490 e. The molecule has 0 radical (unpaired) electrons. The molecule has 2 aromatic heterocycles. The van der Waals surface area contributed by atoms with Crippen LogP contribution in [0.25, 0.3) is 10.9 Å². The number of rotatable bonds is 10. The van der Waals surface area contributed by atoms with Crippen LogP contribution >= 0.6 is 0 Å². The molecule has 15 heteroatoms. The van der Waals surface area contributed by atoms with E-state index >= 15 is 0 Å². The summed E-state index contributed by atoms with van der Waals surface area (Å²) in [6, 6.07) is 16.0. The number of benzene rings is 2. The first-order chi connectivity index (χ1) is 30.7. The van der Waals surface area contributed by atoms with E-state index in [2.05, 4.69) is 66.1 Å². The quantitative estimate of drug-likeness (QED) is 0.196. The molecule has 2 N–H and O–H groups in total. The van der Waals surface area contributed by atoms with Crippen LogP contribution < -0.4 is 25.0 Å². The Morgan fingerprint density at radius 3 is 2.47 bits per heavy atom. The Morgan fingerprint density at radius 1 is 1.00 bits per heavy atom. The Bertz CT molecular complexity index is 2660. The zero-order valence-corrected chi connectivity index (χ0v) is 36.7. The third-order valence-corrected chi connectivity index (χ3v) is 15.0. The normalized spacial score (nSPS) is 27.0. The monoisotopic (exact) mass is 864 g/mol. The summed E-state index contributed by atoms with van der Waals surface area (Å²) in [5.41, 5.74) is 2.19. The molecule has 2 aliphatic carbocycles. The Balaban J connectivity index is 0.719. The summed E-state index contributed by atoms with van der Waals surface area (Å²) < 4.78 is 12.9. The Kier molecular flexibility index (Phi) is 10.0.